The number of rotatable bonds is 5. The Kier molecular flexibility index (Phi) is 5.19. The first-order valence-corrected chi connectivity index (χ1v) is 9.09. The normalized spacial score (nSPS) is 11.5. The van der Waals surface area contributed by atoms with E-state index in [2.05, 4.69) is 30.3 Å². The van der Waals surface area contributed by atoms with Crippen LogP contribution < -0.4 is 21.1 Å². The van der Waals surface area contributed by atoms with E-state index in [1.165, 1.54) is 12.3 Å². The van der Waals surface area contributed by atoms with Gasteiger partial charge in [0.25, 0.3) is 0 Å². The zero-order chi connectivity index (χ0) is 22.2. The van der Waals surface area contributed by atoms with E-state index >= 15 is 0 Å². The van der Waals surface area contributed by atoms with Crippen LogP contribution in [0.3, 0.4) is 0 Å². The minimum absolute atomic E-state index is 0.0390. The first-order valence-electron chi connectivity index (χ1n) is 8.71. The average Bonchev–Trinajstić information content (AvgIpc) is 3.02. The lowest BCUT2D eigenvalue weighted by Crippen LogP contribution is -2.17. The van der Waals surface area contributed by atoms with E-state index < -0.39 is 17.9 Å². The first kappa shape index (κ1) is 20.5. The molecule has 0 unspecified atom stereocenters. The highest BCUT2D eigenvalue weighted by molar-refractivity contribution is 6.31. The summed E-state index contributed by atoms with van der Waals surface area (Å²) >= 11 is 5.88. The topological polar surface area (TPSA) is 105 Å². The Morgan fingerprint density at radius 2 is 1.94 bits per heavy atom. The third-order valence-electron chi connectivity index (χ3n) is 4.01. The van der Waals surface area contributed by atoms with Gasteiger partial charge < -0.3 is 19.8 Å². The van der Waals surface area contributed by atoms with Crippen molar-refractivity contribution in [3.8, 4) is 5.75 Å². The number of hydrogen-bond acceptors (Lipinski definition) is 7. The molecule has 0 saturated heterocycles. The maximum atomic E-state index is 12.5. The Hall–Kier alpha value is -3.73. The van der Waals surface area contributed by atoms with Gasteiger partial charge in [-0.3, -0.25) is 4.98 Å². The van der Waals surface area contributed by atoms with Gasteiger partial charge in [-0.1, -0.05) is 11.6 Å². The number of oxazole rings is 1. The molecule has 12 heteroatoms. The van der Waals surface area contributed by atoms with Gasteiger partial charge in [0.1, 0.15) is 11.6 Å². The third-order valence-corrected chi connectivity index (χ3v) is 4.23. The summed E-state index contributed by atoms with van der Waals surface area (Å²) in [5.41, 5.74) is 2.46. The molecule has 0 aliphatic rings. The molecule has 0 aliphatic carbocycles. The SMILES string of the molecule is Cc1cnc(Nc2cc(Cl)cc(OC(F)(F)F)c2)nc1Nc1ccc2oc(=O)[nH]c2c1. The maximum Gasteiger partial charge on any atom is 0.573 e. The number of nitrogens with one attached hydrogen (secondary N) is 3. The molecule has 2 aromatic heterocycles. The number of hydrogen-bond donors (Lipinski definition) is 3. The van der Waals surface area contributed by atoms with Gasteiger partial charge in [0, 0.05) is 34.2 Å². The van der Waals surface area contributed by atoms with E-state index in [4.69, 9.17) is 16.0 Å². The van der Waals surface area contributed by atoms with E-state index in [1.54, 1.807) is 25.1 Å². The van der Waals surface area contributed by atoms with Crippen molar-refractivity contribution in [2.24, 2.45) is 0 Å². The summed E-state index contributed by atoms with van der Waals surface area (Å²) in [6.45, 7) is 1.78. The molecular formula is C19H13ClF3N5O3. The van der Waals surface area contributed by atoms with Crippen LogP contribution in [0.15, 0.2) is 51.8 Å². The van der Waals surface area contributed by atoms with Crippen LogP contribution >= 0.6 is 11.6 Å². The van der Waals surface area contributed by atoms with E-state index in [0.717, 1.165) is 12.1 Å². The van der Waals surface area contributed by atoms with Crippen LogP contribution in [0.2, 0.25) is 5.02 Å². The number of H-pyrrole nitrogens is 1. The van der Waals surface area contributed by atoms with Gasteiger partial charge in [0.05, 0.1) is 5.52 Å². The number of benzene rings is 2. The number of aromatic amines is 1. The fourth-order valence-electron chi connectivity index (χ4n) is 2.75. The number of aryl methyl sites for hydroxylation is 1. The van der Waals surface area contributed by atoms with Crippen LogP contribution in [0.4, 0.5) is 36.3 Å². The summed E-state index contributed by atoms with van der Waals surface area (Å²) in [4.78, 5) is 22.3. The van der Waals surface area contributed by atoms with Crippen molar-refractivity contribution in [3.05, 3.63) is 63.7 Å². The highest BCUT2D eigenvalue weighted by Crippen LogP contribution is 2.30. The smallest absolute Gasteiger partial charge is 0.408 e. The Morgan fingerprint density at radius 3 is 2.71 bits per heavy atom. The molecule has 160 valence electrons. The van der Waals surface area contributed by atoms with Crippen molar-refractivity contribution in [1.29, 1.82) is 0 Å². The zero-order valence-electron chi connectivity index (χ0n) is 15.7. The minimum Gasteiger partial charge on any atom is -0.408 e. The van der Waals surface area contributed by atoms with Crippen molar-refractivity contribution in [3.63, 3.8) is 0 Å². The van der Waals surface area contributed by atoms with Gasteiger partial charge in [-0.25, -0.2) is 9.78 Å². The molecule has 0 fully saturated rings. The van der Waals surface area contributed by atoms with Gasteiger partial charge in [-0.2, -0.15) is 4.98 Å². The third kappa shape index (κ3) is 5.07. The molecule has 0 amide bonds. The van der Waals surface area contributed by atoms with Gasteiger partial charge in [0.15, 0.2) is 5.58 Å². The summed E-state index contributed by atoms with van der Waals surface area (Å²) < 4.78 is 46.3. The summed E-state index contributed by atoms with van der Waals surface area (Å²) in [5, 5.41) is 5.94. The van der Waals surface area contributed by atoms with Crippen molar-refractivity contribution < 1.29 is 22.3 Å². The van der Waals surface area contributed by atoms with Crippen LogP contribution in [0.1, 0.15) is 5.56 Å². The summed E-state index contributed by atoms with van der Waals surface area (Å²) in [5.74, 6) is -0.481. The summed E-state index contributed by atoms with van der Waals surface area (Å²) in [7, 11) is 0. The molecule has 4 rings (SSSR count). The van der Waals surface area contributed by atoms with Gasteiger partial charge >= 0.3 is 12.1 Å². The van der Waals surface area contributed by atoms with Crippen molar-refractivity contribution in [1.82, 2.24) is 15.0 Å². The van der Waals surface area contributed by atoms with Crippen molar-refractivity contribution in [2.45, 2.75) is 13.3 Å². The predicted octanol–water partition coefficient (Wildman–Crippen LogP) is 5.26. The van der Waals surface area contributed by atoms with Gasteiger partial charge in [-0.15, -0.1) is 13.2 Å². The number of ether oxygens (including phenoxy) is 1. The van der Waals surface area contributed by atoms with Crippen LogP contribution in [-0.2, 0) is 0 Å². The number of nitrogens with zero attached hydrogens (tertiary/aromatic N) is 2. The minimum atomic E-state index is -4.85. The zero-order valence-corrected chi connectivity index (χ0v) is 16.4. The summed E-state index contributed by atoms with van der Waals surface area (Å²) in [6, 6.07) is 8.57. The first-order chi connectivity index (χ1) is 14.6. The highest BCUT2D eigenvalue weighted by Gasteiger charge is 2.31. The average molecular weight is 452 g/mol. The molecule has 3 N–H and O–H groups in total. The largest absolute Gasteiger partial charge is 0.573 e. The van der Waals surface area contributed by atoms with Crippen LogP contribution in [-0.4, -0.2) is 21.3 Å². The van der Waals surface area contributed by atoms with Gasteiger partial charge in [-0.05, 0) is 37.3 Å². The second-order valence-corrected chi connectivity index (χ2v) is 6.86. The van der Waals surface area contributed by atoms with Gasteiger partial charge in [0.2, 0.25) is 5.95 Å². The molecule has 31 heavy (non-hydrogen) atoms. The van der Waals surface area contributed by atoms with E-state index in [9.17, 15) is 18.0 Å². The quantitative estimate of drug-likeness (QED) is 0.380. The molecule has 0 radical (unpaired) electrons. The fourth-order valence-corrected chi connectivity index (χ4v) is 2.98. The number of aromatic nitrogens is 3. The molecule has 0 bridgehead atoms. The fraction of sp³-hybridized carbons (Fsp3) is 0.105. The Bertz CT molecular complexity index is 1320. The standard InChI is InChI=1S/C19H13ClF3N5O3/c1-9-8-24-17(26-12-4-10(20)5-13(6-12)31-19(21,22)23)28-16(9)25-11-2-3-15-14(7-11)27-18(29)30-15/h2-8H,1H3,(H,27,29)(H2,24,25,26,28). The number of fused-ring (bicyclic) bond motifs is 1. The second kappa shape index (κ2) is 7.84. The van der Waals surface area contributed by atoms with Crippen LogP contribution in [0, 0.1) is 6.92 Å². The maximum absolute atomic E-state index is 12.5. The number of halogens is 4. The Balaban J connectivity index is 1.58. The highest BCUT2D eigenvalue weighted by atomic mass is 35.5. The van der Waals surface area contributed by atoms with Crippen LogP contribution in [0.5, 0.6) is 5.75 Å². The van der Waals surface area contributed by atoms with Crippen molar-refractivity contribution >= 4 is 45.8 Å². The molecule has 0 spiro atoms. The lowest BCUT2D eigenvalue weighted by molar-refractivity contribution is -0.274. The Morgan fingerprint density at radius 1 is 1.13 bits per heavy atom. The number of alkyl halides is 3. The Labute approximate surface area is 177 Å². The molecule has 2 aromatic carbocycles. The monoisotopic (exact) mass is 451 g/mol. The predicted molar refractivity (Wildman–Crippen MR) is 108 cm³/mol. The second-order valence-electron chi connectivity index (χ2n) is 6.42. The summed E-state index contributed by atoms with van der Waals surface area (Å²) in [6.07, 6.45) is -3.31. The molecule has 4 aromatic rings. The lowest BCUT2D eigenvalue weighted by Gasteiger charge is -2.13. The molecule has 0 atom stereocenters. The van der Waals surface area contributed by atoms with E-state index in [1.807, 2.05) is 0 Å². The molecular weight excluding hydrogens is 439 g/mol. The number of anilines is 4. The van der Waals surface area contributed by atoms with E-state index in [0.29, 0.717) is 28.2 Å². The lowest BCUT2D eigenvalue weighted by atomic mass is 10.2. The molecule has 8 nitrogen and oxygen atoms in total. The molecule has 2 heterocycles. The van der Waals surface area contributed by atoms with Crippen molar-refractivity contribution in [2.75, 3.05) is 10.6 Å². The van der Waals surface area contributed by atoms with E-state index in [-0.39, 0.29) is 16.7 Å². The molecule has 0 saturated carbocycles. The molecule has 0 aliphatic heterocycles. The van der Waals surface area contributed by atoms with Crippen LogP contribution in [0.25, 0.3) is 11.1 Å².